The van der Waals surface area contributed by atoms with Crippen LogP contribution < -0.4 is 20.4 Å². The summed E-state index contributed by atoms with van der Waals surface area (Å²) in [5.41, 5.74) is 1.51. The van der Waals surface area contributed by atoms with Gasteiger partial charge in [0.15, 0.2) is 0 Å². The Bertz CT molecular complexity index is 1090. The maximum atomic E-state index is 12.5. The van der Waals surface area contributed by atoms with Crippen LogP contribution in [-0.4, -0.2) is 20.1 Å². The van der Waals surface area contributed by atoms with Crippen LogP contribution in [0.4, 0.5) is 0 Å². The molecule has 0 unspecified atom stereocenters. The molecular formula is C21H20ClNO5. The molecule has 1 N–H and O–H groups in total. The minimum absolute atomic E-state index is 0.107. The van der Waals surface area contributed by atoms with Crippen LogP contribution >= 0.6 is 11.6 Å². The third-order valence-corrected chi connectivity index (χ3v) is 4.91. The third-order valence-electron chi connectivity index (χ3n) is 4.54. The molecule has 0 atom stereocenters. The van der Waals surface area contributed by atoms with Gasteiger partial charge in [-0.05, 0) is 24.1 Å². The van der Waals surface area contributed by atoms with Gasteiger partial charge >= 0.3 is 5.63 Å². The van der Waals surface area contributed by atoms with Crippen LogP contribution in [0.3, 0.4) is 0 Å². The van der Waals surface area contributed by atoms with Crippen LogP contribution in [0.1, 0.15) is 16.7 Å². The lowest BCUT2D eigenvalue weighted by Gasteiger charge is -2.13. The van der Waals surface area contributed by atoms with E-state index < -0.39 is 5.63 Å². The molecule has 0 fully saturated rings. The van der Waals surface area contributed by atoms with E-state index in [0.29, 0.717) is 33.1 Å². The lowest BCUT2D eigenvalue weighted by Crippen LogP contribution is -2.27. The molecule has 2 aromatic carbocycles. The molecule has 0 radical (unpaired) electrons. The lowest BCUT2D eigenvalue weighted by molar-refractivity contribution is -0.120. The standard InChI is InChI=1S/C21H20ClNO5/c1-12-15(10-19(24)23-11-13-6-4-5-7-16(13)22)21(25)28-18-9-14(26-2)8-17(27-3)20(12)18/h4-9H,10-11H2,1-3H3,(H,23,24). The van der Waals surface area contributed by atoms with Crippen LogP contribution in [0, 0.1) is 6.92 Å². The van der Waals surface area contributed by atoms with Gasteiger partial charge in [-0.15, -0.1) is 0 Å². The number of amides is 1. The average molecular weight is 402 g/mol. The van der Waals surface area contributed by atoms with Gasteiger partial charge in [-0.3, -0.25) is 4.79 Å². The van der Waals surface area contributed by atoms with Crippen molar-refractivity contribution in [3.05, 3.63) is 68.5 Å². The summed E-state index contributed by atoms with van der Waals surface area (Å²) >= 11 is 6.10. The zero-order valence-corrected chi connectivity index (χ0v) is 16.6. The number of nitrogens with one attached hydrogen (secondary N) is 1. The summed E-state index contributed by atoms with van der Waals surface area (Å²) in [4.78, 5) is 24.9. The minimum atomic E-state index is -0.562. The summed E-state index contributed by atoms with van der Waals surface area (Å²) < 4.78 is 16.0. The van der Waals surface area contributed by atoms with Crippen molar-refractivity contribution in [3.63, 3.8) is 0 Å². The number of benzene rings is 2. The largest absolute Gasteiger partial charge is 0.496 e. The van der Waals surface area contributed by atoms with Crippen molar-refractivity contribution in [2.45, 2.75) is 19.9 Å². The number of hydrogen-bond acceptors (Lipinski definition) is 5. The first kappa shape index (κ1) is 19.8. The molecule has 1 amide bonds. The number of fused-ring (bicyclic) bond motifs is 1. The fourth-order valence-corrected chi connectivity index (χ4v) is 3.23. The van der Waals surface area contributed by atoms with Crippen LogP contribution in [-0.2, 0) is 17.8 Å². The molecule has 3 rings (SSSR count). The first-order valence-electron chi connectivity index (χ1n) is 8.63. The van der Waals surface area contributed by atoms with Crippen molar-refractivity contribution >= 4 is 28.5 Å². The Morgan fingerprint density at radius 2 is 1.93 bits per heavy atom. The molecule has 28 heavy (non-hydrogen) atoms. The zero-order valence-electron chi connectivity index (χ0n) is 15.8. The Balaban J connectivity index is 1.89. The van der Waals surface area contributed by atoms with E-state index >= 15 is 0 Å². The van der Waals surface area contributed by atoms with Crippen LogP contribution in [0.25, 0.3) is 11.0 Å². The van der Waals surface area contributed by atoms with Crippen molar-refractivity contribution in [2.24, 2.45) is 0 Å². The topological polar surface area (TPSA) is 77.8 Å². The molecule has 3 aromatic rings. The number of carbonyl (C=O) groups excluding carboxylic acids is 1. The number of rotatable bonds is 6. The molecule has 0 saturated carbocycles. The number of halogens is 1. The maximum Gasteiger partial charge on any atom is 0.340 e. The third kappa shape index (κ3) is 3.97. The van der Waals surface area contributed by atoms with E-state index in [1.165, 1.54) is 14.2 Å². The quantitative estimate of drug-likeness (QED) is 0.638. The highest BCUT2D eigenvalue weighted by Crippen LogP contribution is 2.33. The molecule has 0 spiro atoms. The molecule has 0 saturated heterocycles. The number of methoxy groups -OCH3 is 2. The molecule has 7 heteroatoms. The predicted octanol–water partition coefficient (Wildman–Crippen LogP) is 3.63. The SMILES string of the molecule is COc1cc(OC)c2c(C)c(CC(=O)NCc3ccccc3Cl)c(=O)oc2c1. The molecule has 6 nitrogen and oxygen atoms in total. The van der Waals surface area contributed by atoms with Crippen LogP contribution in [0.15, 0.2) is 45.6 Å². The van der Waals surface area contributed by atoms with Gasteiger partial charge in [0.25, 0.3) is 0 Å². The van der Waals surface area contributed by atoms with Crippen molar-refractivity contribution in [3.8, 4) is 11.5 Å². The van der Waals surface area contributed by atoms with Crippen LogP contribution in [0.5, 0.6) is 11.5 Å². The Hall–Kier alpha value is -2.99. The van der Waals surface area contributed by atoms with Crippen molar-refractivity contribution in [1.29, 1.82) is 0 Å². The fraction of sp³-hybridized carbons (Fsp3) is 0.238. The Labute approximate surface area is 167 Å². The van der Waals surface area contributed by atoms with Crippen molar-refractivity contribution in [1.82, 2.24) is 5.32 Å². The van der Waals surface area contributed by atoms with Crippen molar-refractivity contribution < 1.29 is 18.7 Å². The van der Waals surface area contributed by atoms with Gasteiger partial charge in [0.05, 0.1) is 31.6 Å². The van der Waals surface area contributed by atoms with E-state index in [0.717, 1.165) is 5.56 Å². The summed E-state index contributed by atoms with van der Waals surface area (Å²) in [6.45, 7) is 2.04. The molecule has 0 aliphatic carbocycles. The minimum Gasteiger partial charge on any atom is -0.496 e. The van der Waals surface area contributed by atoms with E-state index in [1.807, 2.05) is 18.2 Å². The summed E-state index contributed by atoms with van der Waals surface area (Å²) in [5.74, 6) is 0.715. The monoisotopic (exact) mass is 401 g/mol. The second-order valence-corrected chi connectivity index (χ2v) is 6.65. The highest BCUT2D eigenvalue weighted by Gasteiger charge is 2.18. The molecule has 1 heterocycles. The normalized spacial score (nSPS) is 10.7. The summed E-state index contributed by atoms with van der Waals surface area (Å²) in [5, 5.41) is 3.99. The molecule has 0 aliphatic heterocycles. The summed E-state index contributed by atoms with van der Waals surface area (Å²) in [6, 6.07) is 10.6. The van der Waals surface area contributed by atoms with Gasteiger partial charge in [-0.2, -0.15) is 0 Å². The summed E-state index contributed by atoms with van der Waals surface area (Å²) in [6.07, 6.45) is -0.107. The molecule has 146 valence electrons. The number of hydrogen-bond donors (Lipinski definition) is 1. The second-order valence-electron chi connectivity index (χ2n) is 6.24. The van der Waals surface area contributed by atoms with Crippen LogP contribution in [0.2, 0.25) is 5.02 Å². The first-order valence-corrected chi connectivity index (χ1v) is 9.00. The Kier molecular flexibility index (Phi) is 5.90. The van der Waals surface area contributed by atoms with Gasteiger partial charge in [-0.1, -0.05) is 29.8 Å². The van der Waals surface area contributed by atoms with E-state index in [-0.39, 0.29) is 24.4 Å². The smallest absolute Gasteiger partial charge is 0.340 e. The highest BCUT2D eigenvalue weighted by molar-refractivity contribution is 6.31. The number of carbonyl (C=O) groups is 1. The van der Waals surface area contributed by atoms with Gasteiger partial charge in [0, 0.05) is 23.7 Å². The second kappa shape index (κ2) is 8.35. The average Bonchev–Trinajstić information content (AvgIpc) is 2.69. The predicted molar refractivity (Wildman–Crippen MR) is 107 cm³/mol. The Morgan fingerprint density at radius 3 is 2.61 bits per heavy atom. The van der Waals surface area contributed by atoms with E-state index in [9.17, 15) is 9.59 Å². The highest BCUT2D eigenvalue weighted by atomic mass is 35.5. The maximum absolute atomic E-state index is 12.5. The van der Waals surface area contributed by atoms with Crippen molar-refractivity contribution in [2.75, 3.05) is 14.2 Å². The van der Waals surface area contributed by atoms with E-state index in [2.05, 4.69) is 5.32 Å². The van der Waals surface area contributed by atoms with E-state index in [1.54, 1.807) is 25.1 Å². The Morgan fingerprint density at radius 1 is 1.18 bits per heavy atom. The fourth-order valence-electron chi connectivity index (χ4n) is 3.02. The van der Waals surface area contributed by atoms with Gasteiger partial charge in [0.2, 0.25) is 5.91 Å². The molecule has 1 aromatic heterocycles. The zero-order chi connectivity index (χ0) is 20.3. The number of ether oxygens (including phenoxy) is 2. The summed E-state index contributed by atoms with van der Waals surface area (Å²) in [7, 11) is 3.04. The first-order chi connectivity index (χ1) is 13.4. The van der Waals surface area contributed by atoms with Gasteiger partial charge in [0.1, 0.15) is 17.1 Å². The molecule has 0 aliphatic rings. The van der Waals surface area contributed by atoms with Gasteiger partial charge in [-0.25, -0.2) is 4.79 Å². The lowest BCUT2D eigenvalue weighted by atomic mass is 10.0. The molecule has 0 bridgehead atoms. The number of aryl methyl sites for hydroxylation is 1. The van der Waals surface area contributed by atoms with E-state index in [4.69, 9.17) is 25.5 Å². The van der Waals surface area contributed by atoms with Gasteiger partial charge < -0.3 is 19.2 Å². The molecular weight excluding hydrogens is 382 g/mol.